The number of nitrogens with zero attached hydrogens (tertiary/aromatic N) is 2. The molecule has 0 aromatic rings. The molecular weight excluding hydrogens is 212 g/mol. The largest absolute Gasteiger partial charge is 0.477 e. The van der Waals surface area contributed by atoms with Crippen LogP contribution in [0.5, 0.6) is 0 Å². The van der Waals surface area contributed by atoms with Crippen molar-refractivity contribution >= 4 is 18.3 Å². The third-order valence-corrected chi connectivity index (χ3v) is 1.21. The Morgan fingerprint density at radius 2 is 2.06 bits per heavy atom. The van der Waals surface area contributed by atoms with Crippen molar-refractivity contribution in [2.24, 2.45) is 5.10 Å². The minimum atomic E-state index is -1.24. The van der Waals surface area contributed by atoms with Crippen LogP contribution in [0.25, 0.3) is 0 Å². The normalized spacial score (nSPS) is 11.2. The highest BCUT2D eigenvalue weighted by Gasteiger charge is 2.20. The predicted octanol–water partition coefficient (Wildman–Crippen LogP) is 1.48. The van der Waals surface area contributed by atoms with Gasteiger partial charge in [-0.3, -0.25) is 0 Å². The quantitative estimate of drug-likeness (QED) is 0.449. The van der Waals surface area contributed by atoms with Crippen molar-refractivity contribution in [1.29, 1.82) is 0 Å². The van der Waals surface area contributed by atoms with E-state index in [1.165, 1.54) is 6.08 Å². The molecule has 6 heteroatoms. The van der Waals surface area contributed by atoms with E-state index in [0.717, 1.165) is 5.01 Å². The van der Waals surface area contributed by atoms with Gasteiger partial charge in [0.2, 0.25) is 0 Å². The Balaban J connectivity index is 4.59. The first-order valence-electron chi connectivity index (χ1n) is 4.64. The smallest absolute Gasteiger partial charge is 0.431 e. The van der Waals surface area contributed by atoms with Gasteiger partial charge in [0.25, 0.3) is 0 Å². The summed E-state index contributed by atoms with van der Waals surface area (Å²) in [7, 11) is 0. The second kappa shape index (κ2) is 5.89. The van der Waals surface area contributed by atoms with Crippen LogP contribution in [0.4, 0.5) is 4.79 Å². The van der Waals surface area contributed by atoms with Gasteiger partial charge in [0, 0.05) is 0 Å². The van der Waals surface area contributed by atoms with Gasteiger partial charge in [0.15, 0.2) is 0 Å². The molecular formula is C10H16N2O4. The van der Waals surface area contributed by atoms with Crippen LogP contribution in [0.1, 0.15) is 20.8 Å². The van der Waals surface area contributed by atoms with Crippen LogP contribution in [-0.4, -0.2) is 40.5 Å². The molecule has 0 spiro atoms. The molecule has 0 atom stereocenters. The maximum absolute atomic E-state index is 11.5. The van der Waals surface area contributed by atoms with Gasteiger partial charge in [-0.1, -0.05) is 6.08 Å². The minimum absolute atomic E-state index is 0.0820. The maximum Gasteiger partial charge on any atom is 0.431 e. The van der Waals surface area contributed by atoms with Crippen LogP contribution in [0, 0.1) is 0 Å². The highest BCUT2D eigenvalue weighted by molar-refractivity contribution is 6.22. The van der Waals surface area contributed by atoms with Gasteiger partial charge in [-0.15, -0.1) is 6.58 Å². The maximum atomic E-state index is 11.5. The fourth-order valence-corrected chi connectivity index (χ4v) is 0.725. The molecule has 0 radical (unpaired) electrons. The van der Waals surface area contributed by atoms with E-state index >= 15 is 0 Å². The number of carbonyl (C=O) groups excluding carboxylic acids is 1. The topological polar surface area (TPSA) is 79.2 Å². The number of carbonyl (C=O) groups is 2. The molecule has 0 saturated heterocycles. The zero-order chi connectivity index (χ0) is 12.8. The molecule has 0 bridgehead atoms. The molecule has 0 fully saturated rings. The Bertz CT molecular complexity index is 304. The molecule has 0 aliphatic heterocycles. The van der Waals surface area contributed by atoms with Crippen molar-refractivity contribution in [3.63, 3.8) is 0 Å². The van der Waals surface area contributed by atoms with E-state index in [1.807, 2.05) is 0 Å². The molecule has 90 valence electrons. The first-order valence-corrected chi connectivity index (χ1v) is 4.64. The molecule has 16 heavy (non-hydrogen) atoms. The third kappa shape index (κ3) is 6.58. The third-order valence-electron chi connectivity index (χ3n) is 1.21. The Hall–Kier alpha value is -1.85. The van der Waals surface area contributed by atoms with E-state index in [9.17, 15) is 9.59 Å². The van der Waals surface area contributed by atoms with Crippen LogP contribution >= 0.6 is 0 Å². The number of rotatable bonds is 4. The SMILES string of the molecule is C=CCN(/N=C/C(=O)O)C(=O)OC(C)(C)C. The summed E-state index contributed by atoms with van der Waals surface area (Å²) in [5, 5.41) is 12.7. The van der Waals surface area contributed by atoms with E-state index in [1.54, 1.807) is 20.8 Å². The Morgan fingerprint density at radius 1 is 1.50 bits per heavy atom. The van der Waals surface area contributed by atoms with E-state index in [-0.39, 0.29) is 6.54 Å². The molecule has 0 aromatic heterocycles. The fraction of sp³-hybridized carbons (Fsp3) is 0.500. The van der Waals surface area contributed by atoms with Gasteiger partial charge in [-0.25, -0.2) is 9.59 Å². The van der Waals surface area contributed by atoms with Crippen LogP contribution in [0.3, 0.4) is 0 Å². The van der Waals surface area contributed by atoms with E-state index < -0.39 is 17.7 Å². The van der Waals surface area contributed by atoms with Crippen molar-refractivity contribution in [3.05, 3.63) is 12.7 Å². The zero-order valence-electron chi connectivity index (χ0n) is 9.64. The van der Waals surface area contributed by atoms with E-state index in [0.29, 0.717) is 6.21 Å². The first-order chi connectivity index (χ1) is 7.26. The lowest BCUT2D eigenvalue weighted by atomic mass is 10.2. The Labute approximate surface area is 94.2 Å². The van der Waals surface area contributed by atoms with Crippen molar-refractivity contribution in [3.8, 4) is 0 Å². The number of aliphatic carboxylic acids is 1. The van der Waals surface area contributed by atoms with Crippen LogP contribution in [0.2, 0.25) is 0 Å². The van der Waals surface area contributed by atoms with Crippen molar-refractivity contribution in [1.82, 2.24) is 5.01 Å². The molecule has 0 aromatic carbocycles. The molecule has 0 heterocycles. The predicted molar refractivity (Wildman–Crippen MR) is 59.3 cm³/mol. The lowest BCUT2D eigenvalue weighted by Gasteiger charge is -2.23. The summed E-state index contributed by atoms with van der Waals surface area (Å²) in [6.45, 7) is 8.64. The summed E-state index contributed by atoms with van der Waals surface area (Å²) in [5.74, 6) is -1.24. The highest BCUT2D eigenvalue weighted by Crippen LogP contribution is 2.09. The number of hydrazone groups is 1. The number of ether oxygens (including phenoxy) is 1. The molecule has 0 rings (SSSR count). The molecule has 1 amide bonds. The monoisotopic (exact) mass is 228 g/mol. The van der Waals surface area contributed by atoms with Gasteiger partial charge < -0.3 is 9.84 Å². The fourth-order valence-electron chi connectivity index (χ4n) is 0.725. The molecule has 0 aliphatic rings. The number of carboxylic acids is 1. The number of hydrogen-bond acceptors (Lipinski definition) is 4. The lowest BCUT2D eigenvalue weighted by Crippen LogP contribution is -2.34. The average molecular weight is 228 g/mol. The van der Waals surface area contributed by atoms with Gasteiger partial charge >= 0.3 is 12.1 Å². The summed E-state index contributed by atoms with van der Waals surface area (Å²) in [6, 6.07) is 0. The van der Waals surface area contributed by atoms with Crippen LogP contribution in [-0.2, 0) is 9.53 Å². The molecule has 0 unspecified atom stereocenters. The lowest BCUT2D eigenvalue weighted by molar-refractivity contribution is -0.128. The minimum Gasteiger partial charge on any atom is -0.477 e. The van der Waals surface area contributed by atoms with Gasteiger partial charge in [0.05, 0.1) is 6.54 Å². The second-order valence-electron chi connectivity index (χ2n) is 3.93. The van der Waals surface area contributed by atoms with Gasteiger partial charge in [0.1, 0.15) is 11.8 Å². The Morgan fingerprint density at radius 3 is 2.44 bits per heavy atom. The summed E-state index contributed by atoms with van der Waals surface area (Å²) in [4.78, 5) is 21.8. The van der Waals surface area contributed by atoms with E-state index in [2.05, 4.69) is 11.7 Å². The first kappa shape index (κ1) is 14.2. The van der Waals surface area contributed by atoms with Crippen LogP contribution < -0.4 is 0 Å². The number of carboxylic acid groups (broad SMARTS) is 1. The molecule has 1 N–H and O–H groups in total. The van der Waals surface area contributed by atoms with Crippen LogP contribution in [0.15, 0.2) is 17.8 Å². The second-order valence-corrected chi connectivity index (χ2v) is 3.93. The number of hydrogen-bond donors (Lipinski definition) is 1. The zero-order valence-corrected chi connectivity index (χ0v) is 9.64. The molecule has 0 aliphatic carbocycles. The van der Waals surface area contributed by atoms with Gasteiger partial charge in [-0.05, 0) is 20.8 Å². The average Bonchev–Trinajstić information content (AvgIpc) is 2.08. The Kier molecular flexibility index (Phi) is 5.21. The van der Waals surface area contributed by atoms with Crippen molar-refractivity contribution in [2.45, 2.75) is 26.4 Å². The summed E-state index contributed by atoms with van der Waals surface area (Å²) in [5.41, 5.74) is -0.657. The van der Waals surface area contributed by atoms with Crippen molar-refractivity contribution in [2.75, 3.05) is 6.54 Å². The van der Waals surface area contributed by atoms with E-state index in [4.69, 9.17) is 9.84 Å². The molecule has 6 nitrogen and oxygen atoms in total. The number of amides is 1. The van der Waals surface area contributed by atoms with Gasteiger partial charge in [-0.2, -0.15) is 10.1 Å². The summed E-state index contributed by atoms with van der Waals surface area (Å²) < 4.78 is 5.02. The highest BCUT2D eigenvalue weighted by atomic mass is 16.6. The molecule has 0 saturated carbocycles. The standard InChI is InChI=1S/C10H16N2O4/c1-5-6-12(11-7-8(13)14)9(15)16-10(2,3)4/h5,7H,1,6H2,2-4H3,(H,13,14)/b11-7+. The summed E-state index contributed by atoms with van der Waals surface area (Å²) in [6.07, 6.45) is 1.32. The summed E-state index contributed by atoms with van der Waals surface area (Å²) >= 11 is 0. The van der Waals surface area contributed by atoms with Crippen molar-refractivity contribution < 1.29 is 19.4 Å².